The number of hydrogen-bond acceptors (Lipinski definition) is 6. The number of halogens is 1. The number of pyridine rings is 1. The van der Waals surface area contributed by atoms with Crippen LogP contribution in [0.4, 0.5) is 4.79 Å². The number of primary amides is 1. The predicted molar refractivity (Wildman–Crippen MR) is 117 cm³/mol. The summed E-state index contributed by atoms with van der Waals surface area (Å²) in [6.45, 7) is 8.53. The topological polar surface area (TPSA) is 98.0 Å². The minimum absolute atomic E-state index is 0.0428. The fourth-order valence-electron chi connectivity index (χ4n) is 3.47. The second-order valence-electron chi connectivity index (χ2n) is 7.85. The lowest BCUT2D eigenvalue weighted by Gasteiger charge is -2.39. The van der Waals surface area contributed by atoms with E-state index < -0.39 is 12.0 Å². The summed E-state index contributed by atoms with van der Waals surface area (Å²) in [6.07, 6.45) is 2.27. The molecule has 1 fully saturated rings. The number of hydrogen-bond donors (Lipinski definition) is 1. The normalized spacial score (nSPS) is 16.9. The van der Waals surface area contributed by atoms with Crippen LogP contribution >= 0.6 is 11.6 Å². The minimum Gasteiger partial charge on any atom is -0.489 e. The first-order valence-corrected chi connectivity index (χ1v) is 10.5. The molecule has 0 unspecified atom stereocenters. The highest BCUT2D eigenvalue weighted by Crippen LogP contribution is 2.27. The molecule has 1 aromatic carbocycles. The fraction of sp³-hybridized carbons (Fsp3) is 0.409. The molecule has 31 heavy (non-hydrogen) atoms. The van der Waals surface area contributed by atoms with E-state index >= 15 is 0 Å². The average Bonchev–Trinajstić information content (AvgIpc) is 2.70. The zero-order chi connectivity index (χ0) is 22.5. The van der Waals surface area contributed by atoms with E-state index in [1.807, 2.05) is 39.0 Å². The van der Waals surface area contributed by atoms with Gasteiger partial charge in [0.15, 0.2) is 5.75 Å². The largest absolute Gasteiger partial charge is 0.489 e. The van der Waals surface area contributed by atoms with Gasteiger partial charge in [0.25, 0.3) is 0 Å². The fourth-order valence-corrected chi connectivity index (χ4v) is 3.63. The van der Waals surface area contributed by atoms with Gasteiger partial charge in [-0.3, -0.25) is 14.7 Å². The Bertz CT molecular complexity index is 953. The van der Waals surface area contributed by atoms with Crippen molar-refractivity contribution in [2.45, 2.75) is 39.5 Å². The minimum atomic E-state index is -0.628. The molecule has 1 aliphatic rings. The highest BCUT2D eigenvalue weighted by molar-refractivity contribution is 6.32. The number of aromatic nitrogens is 1. The van der Waals surface area contributed by atoms with Crippen molar-refractivity contribution in [3.8, 4) is 11.5 Å². The van der Waals surface area contributed by atoms with Crippen LogP contribution in [0, 0.1) is 0 Å². The summed E-state index contributed by atoms with van der Waals surface area (Å²) in [4.78, 5) is 31.7. The van der Waals surface area contributed by atoms with Gasteiger partial charge in [0.1, 0.15) is 5.75 Å². The van der Waals surface area contributed by atoms with Gasteiger partial charge in [-0.05, 0) is 44.5 Å². The Balaban J connectivity index is 1.58. The van der Waals surface area contributed by atoms with Gasteiger partial charge in [0.05, 0.1) is 22.9 Å². The summed E-state index contributed by atoms with van der Waals surface area (Å²) >= 11 is 6.23. The molecule has 166 valence electrons. The van der Waals surface area contributed by atoms with Crippen LogP contribution < -0.4 is 15.2 Å². The number of benzene rings is 1. The number of nitrogens with two attached hydrogens (primary N) is 1. The van der Waals surface area contributed by atoms with Gasteiger partial charge in [0, 0.05) is 38.4 Å². The van der Waals surface area contributed by atoms with Crippen molar-refractivity contribution in [1.29, 1.82) is 0 Å². The standard InChI is InChI=1S/C22H27ClN4O4/c1-14(2)30-20-8-16(4-5-19(20)23)13-26-6-7-27(15(3)12-26)22(29)31-18-9-17(21(24)28)10-25-11-18/h4-5,8-11,14-15H,6-7,12-13H2,1-3H3,(H2,24,28)/t15-/m0/s1. The summed E-state index contributed by atoms with van der Waals surface area (Å²) in [7, 11) is 0. The molecule has 3 rings (SSSR count). The average molecular weight is 447 g/mol. The van der Waals surface area contributed by atoms with Crippen molar-refractivity contribution in [2.75, 3.05) is 19.6 Å². The molecule has 8 nitrogen and oxygen atoms in total. The zero-order valence-corrected chi connectivity index (χ0v) is 18.6. The third-order valence-corrected chi connectivity index (χ3v) is 5.23. The van der Waals surface area contributed by atoms with Gasteiger partial charge in [-0.1, -0.05) is 17.7 Å². The van der Waals surface area contributed by atoms with Crippen LogP contribution in [0.1, 0.15) is 36.7 Å². The first kappa shape index (κ1) is 22.8. The number of piperazine rings is 1. The Hall–Kier alpha value is -2.84. The highest BCUT2D eigenvalue weighted by atomic mass is 35.5. The maximum atomic E-state index is 12.6. The Morgan fingerprint density at radius 1 is 1.26 bits per heavy atom. The van der Waals surface area contributed by atoms with E-state index in [-0.39, 0.29) is 23.5 Å². The number of ether oxygens (including phenoxy) is 2. The van der Waals surface area contributed by atoms with Crippen molar-refractivity contribution in [2.24, 2.45) is 5.73 Å². The van der Waals surface area contributed by atoms with E-state index in [9.17, 15) is 9.59 Å². The van der Waals surface area contributed by atoms with Crippen molar-refractivity contribution in [3.63, 3.8) is 0 Å². The molecule has 0 aliphatic carbocycles. The molecule has 1 atom stereocenters. The van der Waals surface area contributed by atoms with Gasteiger partial charge in [0.2, 0.25) is 5.91 Å². The zero-order valence-electron chi connectivity index (χ0n) is 17.9. The molecule has 2 heterocycles. The third-order valence-electron chi connectivity index (χ3n) is 4.91. The smallest absolute Gasteiger partial charge is 0.415 e. The molecule has 0 radical (unpaired) electrons. The highest BCUT2D eigenvalue weighted by Gasteiger charge is 2.29. The number of rotatable bonds is 6. The maximum absolute atomic E-state index is 12.6. The lowest BCUT2D eigenvalue weighted by atomic mass is 10.1. The van der Waals surface area contributed by atoms with E-state index in [2.05, 4.69) is 9.88 Å². The van der Waals surface area contributed by atoms with Gasteiger partial charge >= 0.3 is 6.09 Å². The Morgan fingerprint density at radius 2 is 2.03 bits per heavy atom. The molecule has 0 bridgehead atoms. The van der Waals surface area contributed by atoms with Gasteiger partial charge < -0.3 is 20.1 Å². The second-order valence-corrected chi connectivity index (χ2v) is 8.26. The van der Waals surface area contributed by atoms with Crippen LogP contribution in [0.5, 0.6) is 11.5 Å². The van der Waals surface area contributed by atoms with Crippen LogP contribution in [0.3, 0.4) is 0 Å². The van der Waals surface area contributed by atoms with Crippen LogP contribution in [0.25, 0.3) is 0 Å². The van der Waals surface area contributed by atoms with Gasteiger partial charge in [-0.15, -0.1) is 0 Å². The lowest BCUT2D eigenvalue weighted by molar-refractivity contribution is 0.0750. The van der Waals surface area contributed by atoms with Crippen LogP contribution in [-0.4, -0.2) is 58.6 Å². The van der Waals surface area contributed by atoms with E-state index in [0.29, 0.717) is 30.4 Å². The molecule has 1 aromatic heterocycles. The number of nitrogens with zero attached hydrogens (tertiary/aromatic N) is 3. The monoisotopic (exact) mass is 446 g/mol. The first-order valence-electron chi connectivity index (χ1n) is 10.1. The van der Waals surface area contributed by atoms with Crippen LogP contribution in [0.2, 0.25) is 5.02 Å². The van der Waals surface area contributed by atoms with E-state index in [1.54, 1.807) is 4.90 Å². The molecule has 9 heteroatoms. The third kappa shape index (κ3) is 6.08. The Kier molecular flexibility index (Phi) is 7.35. The molecule has 1 aliphatic heterocycles. The molecule has 2 aromatic rings. The van der Waals surface area contributed by atoms with Crippen LogP contribution in [0.15, 0.2) is 36.7 Å². The molecule has 2 amide bonds. The molecule has 0 saturated carbocycles. The van der Waals surface area contributed by atoms with Gasteiger partial charge in [-0.25, -0.2) is 4.79 Å². The van der Waals surface area contributed by atoms with E-state index in [1.165, 1.54) is 18.5 Å². The van der Waals surface area contributed by atoms with E-state index in [4.69, 9.17) is 26.8 Å². The lowest BCUT2D eigenvalue weighted by Crippen LogP contribution is -2.54. The molecular formula is C22H27ClN4O4. The van der Waals surface area contributed by atoms with Crippen molar-refractivity contribution in [3.05, 3.63) is 52.8 Å². The Labute approximate surface area is 186 Å². The van der Waals surface area contributed by atoms with E-state index in [0.717, 1.165) is 12.1 Å². The molecule has 1 saturated heterocycles. The molecule has 2 N–H and O–H groups in total. The quantitative estimate of drug-likeness (QED) is 0.730. The number of carbonyl (C=O) groups excluding carboxylic acids is 2. The Morgan fingerprint density at radius 3 is 2.71 bits per heavy atom. The molecular weight excluding hydrogens is 420 g/mol. The van der Waals surface area contributed by atoms with Gasteiger partial charge in [-0.2, -0.15) is 0 Å². The SMILES string of the molecule is CC(C)Oc1cc(CN2CCN(C(=O)Oc3cncc(C(N)=O)c3)[C@@H](C)C2)ccc1Cl. The summed E-state index contributed by atoms with van der Waals surface area (Å²) < 4.78 is 11.2. The van der Waals surface area contributed by atoms with Crippen molar-refractivity contribution >= 4 is 23.6 Å². The summed E-state index contributed by atoms with van der Waals surface area (Å²) in [5.41, 5.74) is 6.53. The maximum Gasteiger partial charge on any atom is 0.415 e. The summed E-state index contributed by atoms with van der Waals surface area (Å²) in [6, 6.07) is 7.16. The predicted octanol–water partition coefficient (Wildman–Crippen LogP) is 3.33. The van der Waals surface area contributed by atoms with Crippen molar-refractivity contribution < 1.29 is 19.1 Å². The number of carbonyl (C=O) groups is 2. The van der Waals surface area contributed by atoms with Crippen molar-refractivity contribution in [1.82, 2.24) is 14.8 Å². The molecule has 0 spiro atoms. The first-order chi connectivity index (χ1) is 14.7. The summed E-state index contributed by atoms with van der Waals surface area (Å²) in [5.74, 6) is 0.238. The number of amides is 2. The summed E-state index contributed by atoms with van der Waals surface area (Å²) in [5, 5.41) is 0.591. The van der Waals surface area contributed by atoms with Crippen LogP contribution in [-0.2, 0) is 6.54 Å². The second kappa shape index (κ2) is 9.98.